The molecule has 5 rings (SSSR count). The van der Waals surface area contributed by atoms with Gasteiger partial charge in [0.25, 0.3) is 5.91 Å². The molecule has 2 heterocycles. The van der Waals surface area contributed by atoms with E-state index in [0.29, 0.717) is 42.4 Å². The van der Waals surface area contributed by atoms with E-state index in [9.17, 15) is 31.1 Å². The van der Waals surface area contributed by atoms with Crippen LogP contribution in [0.4, 0.5) is 32.3 Å². The molecule has 1 amide bonds. The van der Waals surface area contributed by atoms with Crippen molar-refractivity contribution in [3.63, 3.8) is 0 Å². The fourth-order valence-corrected chi connectivity index (χ4v) is 4.77. The van der Waals surface area contributed by atoms with E-state index in [-0.39, 0.29) is 30.2 Å². The number of carbonyl (C=O) groups excluding carboxylic acids is 1. The van der Waals surface area contributed by atoms with Crippen molar-refractivity contribution in [3.8, 4) is 11.3 Å². The number of carbonyl (C=O) groups is 1. The number of amides is 1. The molecule has 6 nitrogen and oxygen atoms in total. The number of nitrogens with one attached hydrogen (secondary N) is 2. The quantitative estimate of drug-likeness (QED) is 0.289. The van der Waals surface area contributed by atoms with Crippen molar-refractivity contribution < 1.29 is 31.1 Å². The van der Waals surface area contributed by atoms with Gasteiger partial charge in [0.2, 0.25) is 5.95 Å². The van der Waals surface area contributed by atoms with Gasteiger partial charge in [0.05, 0.1) is 22.4 Å². The van der Waals surface area contributed by atoms with Crippen molar-refractivity contribution in [3.05, 3.63) is 89.1 Å². The van der Waals surface area contributed by atoms with Crippen molar-refractivity contribution in [2.75, 3.05) is 37.6 Å². The summed E-state index contributed by atoms with van der Waals surface area (Å²) in [5.74, 6) is -0.141. The Morgan fingerprint density at radius 3 is 2.24 bits per heavy atom. The lowest BCUT2D eigenvalue weighted by molar-refractivity contribution is -0.143. The van der Waals surface area contributed by atoms with Crippen LogP contribution in [0.15, 0.2) is 66.9 Å². The Kier molecular flexibility index (Phi) is 7.85. The smallest absolute Gasteiger partial charge is 0.352 e. The summed E-state index contributed by atoms with van der Waals surface area (Å²) in [7, 11) is 0. The van der Waals surface area contributed by atoms with Crippen LogP contribution >= 0.6 is 0 Å². The molecule has 0 bridgehead atoms. The molecule has 214 valence electrons. The molecule has 0 spiro atoms. The minimum Gasteiger partial charge on any atom is -0.352 e. The summed E-state index contributed by atoms with van der Waals surface area (Å²) in [5, 5.41) is 7.67. The first kappa shape index (κ1) is 28.3. The van der Waals surface area contributed by atoms with Gasteiger partial charge < -0.3 is 15.5 Å². The highest BCUT2D eigenvalue weighted by atomic mass is 19.4. The number of nitrogens with zero attached hydrogens (tertiary/aromatic N) is 3. The third kappa shape index (κ3) is 6.43. The zero-order valence-corrected chi connectivity index (χ0v) is 21.6. The average molecular weight is 574 g/mol. The molecule has 1 fully saturated rings. The molecule has 41 heavy (non-hydrogen) atoms. The molecule has 0 radical (unpaired) electrons. The van der Waals surface area contributed by atoms with Gasteiger partial charge >= 0.3 is 12.4 Å². The van der Waals surface area contributed by atoms with Crippen molar-refractivity contribution in [1.82, 2.24) is 20.6 Å². The van der Waals surface area contributed by atoms with Gasteiger partial charge in [0, 0.05) is 44.5 Å². The van der Waals surface area contributed by atoms with E-state index in [1.54, 1.807) is 0 Å². The van der Waals surface area contributed by atoms with E-state index < -0.39 is 29.4 Å². The Morgan fingerprint density at radius 2 is 1.56 bits per heavy atom. The zero-order valence-electron chi connectivity index (χ0n) is 21.6. The molecule has 4 aromatic rings. The highest BCUT2D eigenvalue weighted by Gasteiger charge is 2.36. The fourth-order valence-electron chi connectivity index (χ4n) is 4.77. The van der Waals surface area contributed by atoms with E-state index in [2.05, 4.69) is 15.6 Å². The van der Waals surface area contributed by atoms with Crippen LogP contribution in [0, 0.1) is 0 Å². The maximum atomic E-state index is 13.3. The summed E-state index contributed by atoms with van der Waals surface area (Å²) in [6, 6.07) is 14.6. The summed E-state index contributed by atoms with van der Waals surface area (Å²) in [4.78, 5) is 24.5. The maximum absolute atomic E-state index is 13.3. The number of fused-ring (bicyclic) bond motifs is 1. The van der Waals surface area contributed by atoms with Crippen LogP contribution < -0.4 is 15.5 Å². The molecule has 2 N–H and O–H groups in total. The van der Waals surface area contributed by atoms with Crippen molar-refractivity contribution in [1.29, 1.82) is 0 Å². The Labute approximate surface area is 231 Å². The molecule has 12 heteroatoms. The van der Waals surface area contributed by atoms with E-state index in [1.807, 2.05) is 47.4 Å². The Morgan fingerprint density at radius 1 is 0.902 bits per heavy atom. The first-order chi connectivity index (χ1) is 19.5. The van der Waals surface area contributed by atoms with Gasteiger partial charge in [0.1, 0.15) is 0 Å². The Bertz CT molecular complexity index is 1530. The molecular formula is C29H25F6N5O. The summed E-state index contributed by atoms with van der Waals surface area (Å²) in [5.41, 5.74) is -1.79. The predicted molar refractivity (Wildman–Crippen MR) is 143 cm³/mol. The summed E-state index contributed by atoms with van der Waals surface area (Å²) in [6.07, 6.45) is -8.74. The third-order valence-corrected chi connectivity index (χ3v) is 6.81. The molecule has 1 aromatic heterocycles. The van der Waals surface area contributed by atoms with Crippen LogP contribution in [-0.4, -0.2) is 48.6 Å². The number of alkyl halides is 6. The van der Waals surface area contributed by atoms with E-state index >= 15 is 0 Å². The van der Waals surface area contributed by atoms with Gasteiger partial charge in [-0.3, -0.25) is 4.79 Å². The van der Waals surface area contributed by atoms with Crippen LogP contribution in [0.3, 0.4) is 0 Å². The van der Waals surface area contributed by atoms with Crippen LogP contribution in [0.5, 0.6) is 0 Å². The van der Waals surface area contributed by atoms with Crippen LogP contribution in [0.25, 0.3) is 22.0 Å². The van der Waals surface area contributed by atoms with Gasteiger partial charge in [-0.05, 0) is 41.0 Å². The average Bonchev–Trinajstić information content (AvgIpc) is 2.96. The molecule has 0 atom stereocenters. The second-order valence-corrected chi connectivity index (χ2v) is 9.62. The highest BCUT2D eigenvalue weighted by Crippen LogP contribution is 2.36. The normalized spacial score (nSPS) is 14.3. The molecule has 1 saturated heterocycles. The molecular weight excluding hydrogens is 548 g/mol. The lowest BCUT2D eigenvalue weighted by Gasteiger charge is -2.28. The summed E-state index contributed by atoms with van der Waals surface area (Å²) >= 11 is 0. The van der Waals surface area contributed by atoms with Gasteiger partial charge in [-0.1, -0.05) is 42.5 Å². The van der Waals surface area contributed by atoms with Crippen LogP contribution in [-0.2, 0) is 18.8 Å². The SMILES string of the molecule is O=C(NCCc1cc(C(F)(F)F)cc(C(F)(F)F)c1)c1cnc(N2CCNCC2)nc1-c1cccc2ccccc12. The van der Waals surface area contributed by atoms with E-state index in [4.69, 9.17) is 4.98 Å². The topological polar surface area (TPSA) is 70.2 Å². The number of rotatable bonds is 6. The number of hydrogen-bond acceptors (Lipinski definition) is 5. The first-order valence-electron chi connectivity index (χ1n) is 12.9. The third-order valence-electron chi connectivity index (χ3n) is 6.81. The molecule has 0 unspecified atom stereocenters. The van der Waals surface area contributed by atoms with Crippen molar-refractivity contribution in [2.45, 2.75) is 18.8 Å². The second kappa shape index (κ2) is 11.4. The van der Waals surface area contributed by atoms with Crippen molar-refractivity contribution >= 4 is 22.6 Å². The van der Waals surface area contributed by atoms with E-state index in [0.717, 1.165) is 23.9 Å². The van der Waals surface area contributed by atoms with Crippen molar-refractivity contribution in [2.24, 2.45) is 0 Å². The van der Waals surface area contributed by atoms with Gasteiger partial charge in [-0.15, -0.1) is 0 Å². The largest absolute Gasteiger partial charge is 0.416 e. The number of piperazine rings is 1. The van der Waals surface area contributed by atoms with E-state index in [1.165, 1.54) is 6.20 Å². The Balaban J connectivity index is 1.44. The molecule has 3 aromatic carbocycles. The monoisotopic (exact) mass is 573 g/mol. The lowest BCUT2D eigenvalue weighted by atomic mass is 9.99. The Hall–Kier alpha value is -4.19. The second-order valence-electron chi connectivity index (χ2n) is 9.62. The van der Waals surface area contributed by atoms with Gasteiger partial charge in [0.15, 0.2) is 0 Å². The number of aromatic nitrogens is 2. The lowest BCUT2D eigenvalue weighted by Crippen LogP contribution is -2.44. The fraction of sp³-hybridized carbons (Fsp3) is 0.276. The minimum atomic E-state index is -4.95. The molecule has 0 aliphatic carbocycles. The first-order valence-corrected chi connectivity index (χ1v) is 12.9. The number of anilines is 1. The van der Waals surface area contributed by atoms with Gasteiger partial charge in [-0.2, -0.15) is 26.3 Å². The summed E-state index contributed by atoms with van der Waals surface area (Å²) < 4.78 is 79.4. The zero-order chi connectivity index (χ0) is 29.2. The highest BCUT2D eigenvalue weighted by molar-refractivity contribution is 6.04. The number of hydrogen-bond donors (Lipinski definition) is 2. The minimum absolute atomic E-state index is 0.0792. The van der Waals surface area contributed by atoms with Crippen LogP contribution in [0.1, 0.15) is 27.0 Å². The number of benzene rings is 3. The molecule has 1 aliphatic rings. The summed E-state index contributed by atoms with van der Waals surface area (Å²) in [6.45, 7) is 2.66. The molecule has 0 saturated carbocycles. The predicted octanol–water partition coefficient (Wildman–Crippen LogP) is 5.72. The maximum Gasteiger partial charge on any atom is 0.416 e. The van der Waals surface area contributed by atoms with Crippen LogP contribution in [0.2, 0.25) is 0 Å². The number of halogens is 6. The standard InChI is InChI=1S/C29H25F6N5O/c30-28(31,32)20-14-18(15-21(16-20)29(33,34)35)8-9-37-26(41)24-17-38-27(40-12-10-36-11-13-40)39-25(24)23-7-3-5-19-4-1-2-6-22(19)23/h1-7,14-17,36H,8-13H2,(H,37,41). The molecule has 1 aliphatic heterocycles. The van der Waals surface area contributed by atoms with Gasteiger partial charge in [-0.25, -0.2) is 9.97 Å².